The average Bonchev–Trinajstić information content (AvgIpc) is 2.30. The van der Waals surface area contributed by atoms with Gasteiger partial charge in [0.25, 0.3) is 0 Å². The second-order valence-electron chi connectivity index (χ2n) is 3.05. The predicted octanol–water partition coefficient (Wildman–Crippen LogP) is 2.77. The molecule has 0 unspecified atom stereocenters. The first-order valence-corrected chi connectivity index (χ1v) is 4.56. The maximum atomic E-state index is 12.7. The van der Waals surface area contributed by atoms with Crippen molar-refractivity contribution in [1.29, 1.82) is 0 Å². The van der Waals surface area contributed by atoms with Crippen LogP contribution in [0.15, 0.2) is 30.3 Å². The van der Waals surface area contributed by atoms with Crippen molar-refractivity contribution in [2.75, 3.05) is 13.3 Å². The fraction of sp³-hybridized carbons (Fsp3) is 0.333. The average molecular weight is 210 g/mol. The van der Waals surface area contributed by atoms with Crippen LogP contribution in [-0.2, 0) is 0 Å². The van der Waals surface area contributed by atoms with Gasteiger partial charge in [0.1, 0.15) is 19.1 Å². The summed E-state index contributed by atoms with van der Waals surface area (Å²) < 4.78 is 30.7. The SMILES string of the molecule is CC#CC(CF)(CF)Oc1ccccc1. The first-order valence-electron chi connectivity index (χ1n) is 4.56. The molecule has 0 aromatic heterocycles. The molecule has 1 nitrogen and oxygen atoms in total. The first-order chi connectivity index (χ1) is 7.26. The van der Waals surface area contributed by atoms with Crippen molar-refractivity contribution in [3.05, 3.63) is 30.3 Å². The third-order valence-electron chi connectivity index (χ3n) is 1.84. The number of ether oxygens (including phenoxy) is 1. The Morgan fingerprint density at radius 3 is 2.27 bits per heavy atom. The lowest BCUT2D eigenvalue weighted by Crippen LogP contribution is -2.39. The van der Waals surface area contributed by atoms with E-state index in [9.17, 15) is 8.78 Å². The molecule has 0 amide bonds. The van der Waals surface area contributed by atoms with E-state index in [4.69, 9.17) is 4.74 Å². The van der Waals surface area contributed by atoms with E-state index in [-0.39, 0.29) is 0 Å². The second kappa shape index (κ2) is 5.35. The van der Waals surface area contributed by atoms with Crippen molar-refractivity contribution in [3.8, 4) is 17.6 Å². The van der Waals surface area contributed by atoms with Crippen molar-refractivity contribution in [3.63, 3.8) is 0 Å². The Morgan fingerprint density at radius 2 is 1.80 bits per heavy atom. The minimum atomic E-state index is -1.66. The molecular weight excluding hydrogens is 198 g/mol. The van der Waals surface area contributed by atoms with E-state index in [1.807, 2.05) is 0 Å². The molecule has 0 aliphatic carbocycles. The lowest BCUT2D eigenvalue weighted by molar-refractivity contribution is 0.0707. The van der Waals surface area contributed by atoms with Gasteiger partial charge in [0.15, 0.2) is 0 Å². The van der Waals surface area contributed by atoms with E-state index in [2.05, 4.69) is 11.8 Å². The van der Waals surface area contributed by atoms with E-state index in [0.29, 0.717) is 5.75 Å². The third-order valence-corrected chi connectivity index (χ3v) is 1.84. The Kier molecular flexibility index (Phi) is 4.11. The molecule has 0 saturated heterocycles. The summed E-state index contributed by atoms with van der Waals surface area (Å²) in [6.45, 7) is -0.424. The lowest BCUT2D eigenvalue weighted by Gasteiger charge is -2.23. The highest BCUT2D eigenvalue weighted by Crippen LogP contribution is 2.19. The molecule has 1 aromatic carbocycles. The largest absolute Gasteiger partial charge is 0.469 e. The Balaban J connectivity index is 2.87. The summed E-state index contributed by atoms with van der Waals surface area (Å²) in [5, 5.41) is 0. The van der Waals surface area contributed by atoms with Crippen LogP contribution in [0, 0.1) is 11.8 Å². The minimum Gasteiger partial charge on any atom is -0.469 e. The Hall–Kier alpha value is -1.56. The Labute approximate surface area is 88.1 Å². The van der Waals surface area contributed by atoms with Gasteiger partial charge in [0, 0.05) is 0 Å². The number of hydrogen-bond donors (Lipinski definition) is 0. The van der Waals surface area contributed by atoms with Crippen LogP contribution in [0.5, 0.6) is 5.75 Å². The molecule has 0 bridgehead atoms. The number of hydrogen-bond acceptors (Lipinski definition) is 1. The summed E-state index contributed by atoms with van der Waals surface area (Å²) in [5.74, 6) is 5.31. The zero-order valence-corrected chi connectivity index (χ0v) is 8.47. The molecule has 0 fully saturated rings. The first kappa shape index (κ1) is 11.5. The summed E-state index contributed by atoms with van der Waals surface area (Å²) in [6, 6.07) is 8.53. The smallest absolute Gasteiger partial charge is 0.225 e. The Bertz CT molecular complexity index is 347. The van der Waals surface area contributed by atoms with Gasteiger partial charge < -0.3 is 4.74 Å². The molecule has 0 N–H and O–H groups in total. The highest BCUT2D eigenvalue weighted by atomic mass is 19.1. The van der Waals surface area contributed by atoms with Gasteiger partial charge in [0.05, 0.1) is 0 Å². The van der Waals surface area contributed by atoms with Gasteiger partial charge >= 0.3 is 0 Å². The van der Waals surface area contributed by atoms with Gasteiger partial charge in [-0.15, -0.1) is 5.92 Å². The van der Waals surface area contributed by atoms with Crippen LogP contribution in [0.2, 0.25) is 0 Å². The summed E-state index contributed by atoms with van der Waals surface area (Å²) in [7, 11) is 0. The third kappa shape index (κ3) is 2.95. The second-order valence-corrected chi connectivity index (χ2v) is 3.05. The van der Waals surface area contributed by atoms with Crippen LogP contribution in [-0.4, -0.2) is 19.0 Å². The number of alkyl halides is 2. The molecule has 0 spiro atoms. The van der Waals surface area contributed by atoms with E-state index in [1.54, 1.807) is 30.3 Å². The van der Waals surface area contributed by atoms with Gasteiger partial charge in [0.2, 0.25) is 5.60 Å². The molecule has 3 heteroatoms. The molecule has 0 radical (unpaired) electrons. The van der Waals surface area contributed by atoms with E-state index in [0.717, 1.165) is 0 Å². The quantitative estimate of drug-likeness (QED) is 0.694. The summed E-state index contributed by atoms with van der Waals surface area (Å²) in [6.07, 6.45) is 0. The van der Waals surface area contributed by atoms with Gasteiger partial charge in [-0.3, -0.25) is 0 Å². The molecule has 0 heterocycles. The van der Waals surface area contributed by atoms with Crippen LogP contribution >= 0.6 is 0 Å². The van der Waals surface area contributed by atoms with Crippen molar-refractivity contribution >= 4 is 0 Å². The predicted molar refractivity (Wildman–Crippen MR) is 55.2 cm³/mol. The zero-order valence-electron chi connectivity index (χ0n) is 8.47. The molecular formula is C12H12F2O. The number of benzene rings is 1. The molecule has 80 valence electrons. The highest BCUT2D eigenvalue weighted by Gasteiger charge is 2.30. The lowest BCUT2D eigenvalue weighted by atomic mass is 10.1. The van der Waals surface area contributed by atoms with Crippen molar-refractivity contribution in [1.82, 2.24) is 0 Å². The monoisotopic (exact) mass is 210 g/mol. The van der Waals surface area contributed by atoms with Crippen molar-refractivity contribution < 1.29 is 13.5 Å². The fourth-order valence-electron chi connectivity index (χ4n) is 1.12. The normalized spacial score (nSPS) is 10.3. The van der Waals surface area contributed by atoms with Crippen molar-refractivity contribution in [2.45, 2.75) is 12.5 Å². The van der Waals surface area contributed by atoms with Crippen LogP contribution in [0.25, 0.3) is 0 Å². The summed E-state index contributed by atoms with van der Waals surface area (Å²) in [4.78, 5) is 0. The standard InChI is InChI=1S/C12H12F2O/c1-2-8-12(9-13,10-14)15-11-6-4-3-5-7-11/h3-7H,9-10H2,1H3. The van der Waals surface area contributed by atoms with Crippen LogP contribution in [0.1, 0.15) is 6.92 Å². The summed E-state index contributed by atoms with van der Waals surface area (Å²) in [5.41, 5.74) is -1.66. The molecule has 1 rings (SSSR count). The maximum absolute atomic E-state index is 12.7. The van der Waals surface area contributed by atoms with E-state index < -0.39 is 19.0 Å². The minimum absolute atomic E-state index is 0.413. The van der Waals surface area contributed by atoms with Gasteiger partial charge in [-0.05, 0) is 19.1 Å². The zero-order chi connectivity index (χ0) is 11.1. The van der Waals surface area contributed by atoms with Gasteiger partial charge in [-0.25, -0.2) is 8.78 Å². The molecule has 0 aliphatic heterocycles. The van der Waals surface area contributed by atoms with E-state index in [1.165, 1.54) is 6.92 Å². The van der Waals surface area contributed by atoms with Crippen LogP contribution in [0.4, 0.5) is 8.78 Å². The van der Waals surface area contributed by atoms with Crippen LogP contribution in [0.3, 0.4) is 0 Å². The summed E-state index contributed by atoms with van der Waals surface area (Å²) >= 11 is 0. The Morgan fingerprint density at radius 1 is 1.20 bits per heavy atom. The number of halogens is 2. The molecule has 0 saturated carbocycles. The fourth-order valence-corrected chi connectivity index (χ4v) is 1.12. The van der Waals surface area contributed by atoms with Gasteiger partial charge in [-0.2, -0.15) is 0 Å². The maximum Gasteiger partial charge on any atom is 0.225 e. The molecule has 1 aromatic rings. The molecule has 15 heavy (non-hydrogen) atoms. The number of rotatable bonds is 4. The van der Waals surface area contributed by atoms with Crippen molar-refractivity contribution in [2.24, 2.45) is 0 Å². The molecule has 0 aliphatic rings. The number of para-hydroxylation sites is 1. The van der Waals surface area contributed by atoms with Crippen LogP contribution < -0.4 is 4.74 Å². The van der Waals surface area contributed by atoms with E-state index >= 15 is 0 Å². The highest BCUT2D eigenvalue weighted by molar-refractivity contribution is 5.25. The molecule has 0 atom stereocenters. The van der Waals surface area contributed by atoms with Gasteiger partial charge in [-0.1, -0.05) is 24.1 Å². The topological polar surface area (TPSA) is 9.23 Å².